The summed E-state index contributed by atoms with van der Waals surface area (Å²) in [7, 11) is -3.37. The third-order valence-electron chi connectivity index (χ3n) is 2.67. The van der Waals surface area contributed by atoms with E-state index in [2.05, 4.69) is 12.0 Å². The topological polar surface area (TPSA) is 37.4 Å². The van der Waals surface area contributed by atoms with E-state index in [-0.39, 0.29) is 6.54 Å². The summed E-state index contributed by atoms with van der Waals surface area (Å²) in [5.41, 5.74) is 1.69. The normalized spacial score (nSPS) is 10.4. The lowest BCUT2D eigenvalue weighted by Crippen LogP contribution is -2.24. The highest BCUT2D eigenvalue weighted by molar-refractivity contribution is 7.88. The van der Waals surface area contributed by atoms with E-state index in [1.807, 2.05) is 60.7 Å². The van der Waals surface area contributed by atoms with Crippen LogP contribution in [0.3, 0.4) is 0 Å². The van der Waals surface area contributed by atoms with E-state index in [9.17, 15) is 8.42 Å². The maximum Gasteiger partial charge on any atom is 0.239 e. The van der Waals surface area contributed by atoms with Gasteiger partial charge < -0.3 is 0 Å². The highest BCUT2D eigenvalue weighted by atomic mass is 32.2. The van der Waals surface area contributed by atoms with E-state index in [1.165, 1.54) is 0 Å². The summed E-state index contributed by atoms with van der Waals surface area (Å²) in [6.45, 7) is 0.250. The predicted molar refractivity (Wildman–Crippen MR) is 80.1 cm³/mol. The molecule has 0 spiro atoms. The summed E-state index contributed by atoms with van der Waals surface area (Å²) in [4.78, 5) is 0. The molecule has 0 aliphatic carbocycles. The third kappa shape index (κ3) is 4.15. The first-order chi connectivity index (χ1) is 9.55. The van der Waals surface area contributed by atoms with Gasteiger partial charge in [0.15, 0.2) is 0 Å². The molecule has 0 atom stereocenters. The lowest BCUT2D eigenvalue weighted by molar-refractivity contribution is 0.515. The van der Waals surface area contributed by atoms with E-state index in [4.69, 9.17) is 0 Å². The van der Waals surface area contributed by atoms with Crippen LogP contribution in [0.25, 0.3) is 0 Å². The van der Waals surface area contributed by atoms with Crippen LogP contribution in [0.4, 0.5) is 0 Å². The van der Waals surface area contributed by atoms with Crippen LogP contribution in [0, 0.1) is 12.0 Å². The van der Waals surface area contributed by atoms with Crippen LogP contribution >= 0.6 is 0 Å². The predicted octanol–water partition coefficient (Wildman–Crippen LogP) is 2.46. The first-order valence-electron chi connectivity index (χ1n) is 6.14. The highest BCUT2D eigenvalue weighted by Crippen LogP contribution is 2.07. The Morgan fingerprint density at radius 2 is 1.50 bits per heavy atom. The number of benzene rings is 2. The van der Waals surface area contributed by atoms with Crippen molar-refractivity contribution in [1.29, 1.82) is 0 Å². The molecule has 4 heteroatoms. The van der Waals surface area contributed by atoms with Gasteiger partial charge in [0, 0.05) is 11.6 Å². The van der Waals surface area contributed by atoms with Crippen LogP contribution in [-0.2, 0) is 16.6 Å². The van der Waals surface area contributed by atoms with E-state index in [0.29, 0.717) is 0 Å². The molecule has 20 heavy (non-hydrogen) atoms. The third-order valence-corrected chi connectivity index (χ3v) is 3.69. The van der Waals surface area contributed by atoms with Gasteiger partial charge in [-0.05, 0) is 23.6 Å². The maximum absolute atomic E-state index is 11.8. The zero-order chi connectivity index (χ0) is 14.4. The zero-order valence-electron chi connectivity index (χ0n) is 11.2. The number of rotatable bonds is 3. The molecule has 2 rings (SSSR count). The van der Waals surface area contributed by atoms with Gasteiger partial charge in [0.1, 0.15) is 0 Å². The standard InChI is InChI=1S/C16H15NO2S/c1-20(18,19)17(14-16-10-6-3-7-11-16)13-12-15-8-4-2-5-9-15/h2-11H,14H2,1H3. The van der Waals surface area contributed by atoms with Crippen molar-refractivity contribution in [1.82, 2.24) is 4.31 Å². The SMILES string of the molecule is CS(=O)(=O)N(C#Cc1ccccc1)Cc1ccccc1. The molecule has 0 aromatic heterocycles. The average Bonchev–Trinajstić information content (AvgIpc) is 2.44. The van der Waals surface area contributed by atoms with Crippen molar-refractivity contribution in [2.45, 2.75) is 6.54 Å². The molecule has 0 aliphatic rings. The number of sulfonamides is 1. The van der Waals surface area contributed by atoms with Gasteiger partial charge in [0.05, 0.1) is 12.8 Å². The molecule has 0 radical (unpaired) electrons. The minimum atomic E-state index is -3.37. The molecule has 0 amide bonds. The monoisotopic (exact) mass is 285 g/mol. The fourth-order valence-corrected chi connectivity index (χ4v) is 2.23. The Labute approximate surface area is 119 Å². The minimum absolute atomic E-state index is 0.250. The second-order valence-electron chi connectivity index (χ2n) is 4.36. The second-order valence-corrected chi connectivity index (χ2v) is 6.26. The van der Waals surface area contributed by atoms with Crippen LogP contribution in [0.2, 0.25) is 0 Å². The average molecular weight is 285 g/mol. The number of hydrogen-bond acceptors (Lipinski definition) is 2. The van der Waals surface area contributed by atoms with Crippen molar-refractivity contribution in [3.8, 4) is 12.0 Å². The van der Waals surface area contributed by atoms with Gasteiger partial charge in [-0.2, -0.15) is 0 Å². The van der Waals surface area contributed by atoms with Crippen molar-refractivity contribution in [2.24, 2.45) is 0 Å². The lowest BCUT2D eigenvalue weighted by Gasteiger charge is -2.14. The van der Waals surface area contributed by atoms with Crippen LogP contribution in [0.1, 0.15) is 11.1 Å². The summed E-state index contributed by atoms with van der Waals surface area (Å²) >= 11 is 0. The van der Waals surface area contributed by atoms with Crippen molar-refractivity contribution in [3.63, 3.8) is 0 Å². The second kappa shape index (κ2) is 6.27. The lowest BCUT2D eigenvalue weighted by atomic mass is 10.2. The summed E-state index contributed by atoms with van der Waals surface area (Å²) in [6.07, 6.45) is 1.16. The van der Waals surface area contributed by atoms with Gasteiger partial charge in [-0.15, -0.1) is 0 Å². The maximum atomic E-state index is 11.8. The smallest absolute Gasteiger partial charge is 0.224 e. The molecule has 0 N–H and O–H groups in total. The minimum Gasteiger partial charge on any atom is -0.224 e. The Balaban J connectivity index is 2.24. The quantitative estimate of drug-likeness (QED) is 0.641. The van der Waals surface area contributed by atoms with Gasteiger partial charge in [-0.1, -0.05) is 48.5 Å². The van der Waals surface area contributed by atoms with Gasteiger partial charge in [-0.3, -0.25) is 0 Å². The molecular formula is C16H15NO2S. The van der Waals surface area contributed by atoms with Crippen molar-refractivity contribution in [2.75, 3.05) is 6.26 Å². The van der Waals surface area contributed by atoms with Crippen molar-refractivity contribution >= 4 is 10.0 Å². The summed E-state index contributed by atoms with van der Waals surface area (Å²) in [5.74, 6) is 2.87. The summed E-state index contributed by atoms with van der Waals surface area (Å²) in [5, 5.41) is 0. The van der Waals surface area contributed by atoms with E-state index in [1.54, 1.807) is 0 Å². The largest absolute Gasteiger partial charge is 0.239 e. The zero-order valence-corrected chi connectivity index (χ0v) is 12.0. The Kier molecular flexibility index (Phi) is 4.44. The molecule has 0 fully saturated rings. The Morgan fingerprint density at radius 1 is 0.950 bits per heavy atom. The van der Waals surface area contributed by atoms with Gasteiger partial charge >= 0.3 is 0 Å². The van der Waals surface area contributed by atoms with Crippen LogP contribution in [0.5, 0.6) is 0 Å². The highest BCUT2D eigenvalue weighted by Gasteiger charge is 2.12. The Morgan fingerprint density at radius 3 is 2.05 bits per heavy atom. The molecule has 102 valence electrons. The van der Waals surface area contributed by atoms with E-state index >= 15 is 0 Å². The first kappa shape index (κ1) is 14.2. The molecule has 0 unspecified atom stereocenters. The Bertz CT molecular complexity index is 713. The molecule has 2 aromatic rings. The molecule has 2 aromatic carbocycles. The van der Waals surface area contributed by atoms with Gasteiger partial charge in [0.25, 0.3) is 0 Å². The van der Waals surface area contributed by atoms with Crippen molar-refractivity contribution in [3.05, 3.63) is 71.8 Å². The molecule has 0 saturated carbocycles. The van der Waals surface area contributed by atoms with Gasteiger partial charge in [0.2, 0.25) is 10.0 Å². The molecule has 0 aliphatic heterocycles. The van der Waals surface area contributed by atoms with Crippen LogP contribution < -0.4 is 0 Å². The number of hydrogen-bond donors (Lipinski definition) is 0. The molecule has 0 bridgehead atoms. The summed E-state index contributed by atoms with van der Waals surface area (Å²) < 4.78 is 24.7. The van der Waals surface area contributed by atoms with Gasteiger partial charge in [-0.25, -0.2) is 12.7 Å². The summed E-state index contributed by atoms with van der Waals surface area (Å²) in [6, 6.07) is 21.4. The van der Waals surface area contributed by atoms with Crippen LogP contribution in [-0.4, -0.2) is 19.0 Å². The molecule has 0 saturated heterocycles. The van der Waals surface area contributed by atoms with Crippen LogP contribution in [0.15, 0.2) is 60.7 Å². The fraction of sp³-hybridized carbons (Fsp3) is 0.125. The van der Waals surface area contributed by atoms with E-state index in [0.717, 1.165) is 21.7 Å². The van der Waals surface area contributed by atoms with E-state index < -0.39 is 10.0 Å². The van der Waals surface area contributed by atoms with Crippen molar-refractivity contribution < 1.29 is 8.42 Å². The molecular weight excluding hydrogens is 270 g/mol. The fourth-order valence-electron chi connectivity index (χ4n) is 1.64. The molecule has 3 nitrogen and oxygen atoms in total. The first-order valence-corrected chi connectivity index (χ1v) is 7.99. The Hall–Kier alpha value is -2.25. The number of nitrogens with zero attached hydrogens (tertiary/aromatic N) is 1. The molecule has 0 heterocycles.